The lowest BCUT2D eigenvalue weighted by atomic mass is 10.1. The van der Waals surface area contributed by atoms with E-state index in [2.05, 4.69) is 15.0 Å². The summed E-state index contributed by atoms with van der Waals surface area (Å²) in [6.45, 7) is 0.240. The van der Waals surface area contributed by atoms with Gasteiger partial charge < -0.3 is 4.42 Å². The van der Waals surface area contributed by atoms with E-state index in [9.17, 15) is 0 Å². The van der Waals surface area contributed by atoms with Crippen LogP contribution in [0.4, 0.5) is 0 Å². The molecular formula is C16H9Cl2N3O. The van der Waals surface area contributed by atoms with E-state index in [1.165, 1.54) is 0 Å². The summed E-state index contributed by atoms with van der Waals surface area (Å²) in [6.07, 6.45) is 0. The molecule has 0 atom stereocenters. The molecule has 0 fully saturated rings. The molecule has 4 nitrogen and oxygen atoms in total. The van der Waals surface area contributed by atoms with Crippen molar-refractivity contribution in [2.75, 3.05) is 6.54 Å². The minimum Gasteiger partial charge on any atom is -0.456 e. The molecule has 0 saturated heterocycles. The summed E-state index contributed by atoms with van der Waals surface area (Å²) in [5.41, 5.74) is 2.47. The second-order valence-corrected chi connectivity index (χ2v) is 5.59. The van der Waals surface area contributed by atoms with Crippen molar-refractivity contribution in [1.82, 2.24) is 0 Å². The van der Waals surface area contributed by atoms with Crippen molar-refractivity contribution in [2.24, 2.45) is 15.0 Å². The standard InChI is InChI=1S/C16H9Cl2N3O/c17-14-8-19-16(18)21-15(20-14)9-5-6-13-11(7-9)10-3-1-2-4-12(10)22-13/h1-7H,8H2. The predicted molar refractivity (Wildman–Crippen MR) is 91.7 cm³/mol. The number of halogens is 2. The number of fused-ring (bicyclic) bond motifs is 3. The number of rotatable bonds is 1. The van der Waals surface area contributed by atoms with Gasteiger partial charge in [-0.1, -0.05) is 29.8 Å². The van der Waals surface area contributed by atoms with E-state index < -0.39 is 0 Å². The van der Waals surface area contributed by atoms with E-state index in [0.29, 0.717) is 11.0 Å². The zero-order chi connectivity index (χ0) is 15.1. The second kappa shape index (κ2) is 5.23. The Morgan fingerprint density at radius 1 is 0.909 bits per heavy atom. The molecule has 108 valence electrons. The normalized spacial score (nSPS) is 15.5. The minimum absolute atomic E-state index is 0.145. The lowest BCUT2D eigenvalue weighted by molar-refractivity contribution is 0.669. The van der Waals surface area contributed by atoms with Crippen molar-refractivity contribution in [3.63, 3.8) is 0 Å². The number of furan rings is 1. The van der Waals surface area contributed by atoms with E-state index in [0.717, 1.165) is 27.5 Å². The molecule has 0 bridgehead atoms. The number of hydrogen-bond acceptors (Lipinski definition) is 4. The first kappa shape index (κ1) is 13.5. The van der Waals surface area contributed by atoms with Gasteiger partial charge in [0.15, 0.2) is 5.84 Å². The first-order valence-corrected chi connectivity index (χ1v) is 7.40. The Morgan fingerprint density at radius 2 is 1.73 bits per heavy atom. The first-order chi connectivity index (χ1) is 10.7. The summed E-state index contributed by atoms with van der Waals surface area (Å²) < 4.78 is 5.81. The van der Waals surface area contributed by atoms with Crippen molar-refractivity contribution in [1.29, 1.82) is 0 Å². The molecular weight excluding hydrogens is 321 g/mol. The quantitative estimate of drug-likeness (QED) is 0.603. The predicted octanol–water partition coefficient (Wildman–Crippen LogP) is 4.58. The van der Waals surface area contributed by atoms with Crippen LogP contribution in [0.1, 0.15) is 5.56 Å². The third-order valence-corrected chi connectivity index (χ3v) is 3.81. The van der Waals surface area contributed by atoms with E-state index >= 15 is 0 Å². The Labute approximate surface area is 135 Å². The third-order valence-electron chi connectivity index (χ3n) is 3.40. The summed E-state index contributed by atoms with van der Waals surface area (Å²) in [6, 6.07) is 13.6. The van der Waals surface area contributed by atoms with Crippen molar-refractivity contribution < 1.29 is 4.42 Å². The molecule has 0 spiro atoms. The number of nitrogens with zero attached hydrogens (tertiary/aromatic N) is 3. The smallest absolute Gasteiger partial charge is 0.220 e. The van der Waals surface area contributed by atoms with Crippen LogP contribution in [0.3, 0.4) is 0 Å². The van der Waals surface area contributed by atoms with Gasteiger partial charge in [0, 0.05) is 16.3 Å². The lowest BCUT2D eigenvalue weighted by Gasteiger charge is -2.00. The summed E-state index contributed by atoms with van der Waals surface area (Å²) >= 11 is 11.9. The molecule has 1 aliphatic rings. The average molecular weight is 330 g/mol. The minimum atomic E-state index is 0.145. The highest BCUT2D eigenvalue weighted by atomic mass is 35.5. The fourth-order valence-corrected chi connectivity index (χ4v) is 2.70. The molecule has 2 aromatic carbocycles. The lowest BCUT2D eigenvalue weighted by Crippen LogP contribution is -2.01. The Morgan fingerprint density at radius 3 is 2.64 bits per heavy atom. The molecule has 3 aromatic rings. The molecule has 2 heterocycles. The van der Waals surface area contributed by atoms with Gasteiger partial charge >= 0.3 is 0 Å². The van der Waals surface area contributed by atoms with Crippen LogP contribution in [0.15, 0.2) is 61.9 Å². The highest BCUT2D eigenvalue weighted by molar-refractivity contribution is 6.69. The molecule has 1 aliphatic heterocycles. The van der Waals surface area contributed by atoms with Crippen molar-refractivity contribution in [3.8, 4) is 0 Å². The van der Waals surface area contributed by atoms with Gasteiger partial charge in [0.05, 0.1) is 6.54 Å². The van der Waals surface area contributed by atoms with Crippen LogP contribution in [-0.2, 0) is 0 Å². The van der Waals surface area contributed by atoms with E-state index in [-0.39, 0.29) is 11.8 Å². The molecule has 6 heteroatoms. The highest BCUT2D eigenvalue weighted by Gasteiger charge is 2.12. The number of benzene rings is 2. The van der Waals surface area contributed by atoms with Gasteiger partial charge in [0.25, 0.3) is 0 Å². The number of aliphatic imine (C=N–C) groups is 3. The van der Waals surface area contributed by atoms with Crippen LogP contribution in [0.5, 0.6) is 0 Å². The molecule has 22 heavy (non-hydrogen) atoms. The maximum Gasteiger partial charge on any atom is 0.220 e. The summed E-state index contributed by atoms with van der Waals surface area (Å²) in [4.78, 5) is 12.5. The zero-order valence-corrected chi connectivity index (χ0v) is 12.8. The molecule has 0 unspecified atom stereocenters. The molecule has 1 aromatic heterocycles. The van der Waals surface area contributed by atoms with E-state index in [1.807, 2.05) is 42.5 Å². The average Bonchev–Trinajstić information content (AvgIpc) is 2.80. The summed E-state index contributed by atoms with van der Waals surface area (Å²) in [7, 11) is 0. The zero-order valence-electron chi connectivity index (χ0n) is 11.3. The Balaban J connectivity index is 1.94. The summed E-state index contributed by atoms with van der Waals surface area (Å²) in [5.74, 6) is 0.448. The van der Waals surface area contributed by atoms with E-state index in [1.54, 1.807) is 0 Å². The van der Waals surface area contributed by atoms with Crippen molar-refractivity contribution >= 4 is 61.4 Å². The molecule has 0 aliphatic carbocycles. The number of hydrogen-bond donors (Lipinski definition) is 0. The first-order valence-electron chi connectivity index (χ1n) is 6.64. The fraction of sp³-hybridized carbons (Fsp3) is 0.0625. The van der Waals surface area contributed by atoms with Gasteiger partial charge in [-0.15, -0.1) is 0 Å². The monoisotopic (exact) mass is 329 g/mol. The molecule has 0 saturated carbocycles. The van der Waals surface area contributed by atoms with Crippen molar-refractivity contribution in [2.45, 2.75) is 0 Å². The molecule has 0 radical (unpaired) electrons. The van der Waals surface area contributed by atoms with E-state index in [4.69, 9.17) is 27.6 Å². The van der Waals surface area contributed by atoms with Crippen LogP contribution in [0.2, 0.25) is 0 Å². The SMILES string of the molecule is ClC1=NC(c2ccc3oc4ccccc4c3c2)=NC(Cl)=NC1. The molecule has 4 rings (SSSR count). The van der Waals surface area contributed by atoms with Crippen LogP contribution >= 0.6 is 23.2 Å². The maximum atomic E-state index is 6.01. The Bertz CT molecular complexity index is 985. The van der Waals surface area contributed by atoms with Gasteiger partial charge in [0.2, 0.25) is 5.29 Å². The van der Waals surface area contributed by atoms with Crippen LogP contribution < -0.4 is 0 Å². The number of para-hydroxylation sites is 1. The highest BCUT2D eigenvalue weighted by Crippen LogP contribution is 2.29. The Kier molecular flexibility index (Phi) is 3.21. The summed E-state index contributed by atoms with van der Waals surface area (Å²) in [5, 5.41) is 2.54. The van der Waals surface area contributed by atoms with Crippen LogP contribution in [0, 0.1) is 0 Å². The fourth-order valence-electron chi connectivity index (χ4n) is 2.42. The third kappa shape index (κ3) is 2.30. The number of amidine groups is 2. The van der Waals surface area contributed by atoms with Crippen molar-refractivity contribution in [3.05, 3.63) is 48.0 Å². The molecule has 0 amide bonds. The molecule has 0 N–H and O–H groups in total. The Hall–Kier alpha value is -2.17. The topological polar surface area (TPSA) is 50.2 Å². The van der Waals surface area contributed by atoms with Crippen LogP contribution in [-0.4, -0.2) is 22.8 Å². The maximum absolute atomic E-state index is 6.01. The van der Waals surface area contributed by atoms with Gasteiger partial charge in [-0.2, -0.15) is 4.99 Å². The van der Waals surface area contributed by atoms with Crippen LogP contribution in [0.25, 0.3) is 21.9 Å². The van der Waals surface area contributed by atoms with Gasteiger partial charge in [-0.3, -0.25) is 0 Å². The van der Waals surface area contributed by atoms with Gasteiger partial charge in [-0.25, -0.2) is 9.98 Å². The second-order valence-electron chi connectivity index (χ2n) is 4.82. The van der Waals surface area contributed by atoms with Gasteiger partial charge in [0.1, 0.15) is 16.3 Å². The largest absolute Gasteiger partial charge is 0.456 e. The van der Waals surface area contributed by atoms with Gasteiger partial charge in [-0.05, 0) is 35.9 Å².